The molecule has 0 radical (unpaired) electrons. The first kappa shape index (κ1) is 30.2. The summed E-state index contributed by atoms with van der Waals surface area (Å²) in [5.41, 5.74) is 10.2. The molecule has 3 N–H and O–H groups in total. The minimum atomic E-state index is 0.207. The van der Waals surface area contributed by atoms with E-state index in [1.54, 1.807) is 7.11 Å². The van der Waals surface area contributed by atoms with Crippen LogP contribution < -0.4 is 20.5 Å². The van der Waals surface area contributed by atoms with Crippen LogP contribution in [-0.4, -0.2) is 61.9 Å². The number of nitrogens with one attached hydrogen (secondary N) is 1. The van der Waals surface area contributed by atoms with Gasteiger partial charge in [-0.25, -0.2) is 4.98 Å². The van der Waals surface area contributed by atoms with E-state index in [0.29, 0.717) is 26.2 Å². The molecule has 0 aliphatic heterocycles. The molecule has 1 heterocycles. The van der Waals surface area contributed by atoms with E-state index >= 15 is 0 Å². The van der Waals surface area contributed by atoms with Gasteiger partial charge in [-0.2, -0.15) is 4.98 Å². The van der Waals surface area contributed by atoms with Crippen LogP contribution in [0.15, 0.2) is 48.5 Å². The highest BCUT2D eigenvalue weighted by atomic mass is 16.5. The Morgan fingerprint density at radius 1 is 1.03 bits per heavy atom. The average molecular weight is 536 g/mol. The molecule has 212 valence electrons. The van der Waals surface area contributed by atoms with Crippen molar-refractivity contribution in [3.63, 3.8) is 0 Å². The van der Waals surface area contributed by atoms with Gasteiger partial charge in [0.25, 0.3) is 0 Å². The Kier molecular flexibility index (Phi) is 12.3. The van der Waals surface area contributed by atoms with Crippen molar-refractivity contribution in [3.05, 3.63) is 70.9 Å². The van der Waals surface area contributed by atoms with E-state index in [9.17, 15) is 0 Å². The molecule has 0 aliphatic rings. The molecule has 0 bridgehead atoms. The summed E-state index contributed by atoms with van der Waals surface area (Å²) in [5.74, 6) is 2.62. The fourth-order valence-electron chi connectivity index (χ4n) is 4.49. The standard InChI is InChI=1S/C31H45N5O3/c1-6-11-26(16-19-38-22-24-12-8-7-9-13-24)34-30-28(23(2)33-31(32)35-30)20-25-14-15-27(21-29(25)37-5)39-18-10-17-36(3)4/h7-9,12-15,21,26H,6,10-11,16-20,22H2,1-5H3,(H3,32,33,34,35). The quantitative estimate of drug-likeness (QED) is 0.219. The maximum absolute atomic E-state index is 6.08. The van der Waals surface area contributed by atoms with Crippen LogP contribution in [0.2, 0.25) is 0 Å². The third kappa shape index (κ3) is 10.0. The number of hydrogen-bond acceptors (Lipinski definition) is 8. The highest BCUT2D eigenvalue weighted by Gasteiger charge is 2.18. The van der Waals surface area contributed by atoms with Gasteiger partial charge >= 0.3 is 0 Å². The lowest BCUT2D eigenvalue weighted by Gasteiger charge is -2.22. The fraction of sp³-hybridized carbons (Fsp3) is 0.484. The van der Waals surface area contributed by atoms with Gasteiger partial charge in [-0.3, -0.25) is 0 Å². The van der Waals surface area contributed by atoms with E-state index in [2.05, 4.69) is 59.4 Å². The number of nitrogens with zero attached hydrogens (tertiary/aromatic N) is 3. The molecule has 8 heteroatoms. The number of aromatic nitrogens is 2. The molecule has 2 aromatic carbocycles. The molecule has 0 amide bonds. The first-order chi connectivity index (χ1) is 18.9. The van der Waals surface area contributed by atoms with Gasteiger partial charge in [0.2, 0.25) is 5.95 Å². The van der Waals surface area contributed by atoms with Gasteiger partial charge in [0.15, 0.2) is 0 Å². The zero-order chi connectivity index (χ0) is 28.0. The number of anilines is 2. The number of methoxy groups -OCH3 is 1. The minimum Gasteiger partial charge on any atom is -0.496 e. The number of ether oxygens (including phenoxy) is 3. The summed E-state index contributed by atoms with van der Waals surface area (Å²) in [6.07, 6.45) is 4.49. The second-order valence-electron chi connectivity index (χ2n) is 10.1. The lowest BCUT2D eigenvalue weighted by atomic mass is 10.0. The van der Waals surface area contributed by atoms with E-state index in [1.165, 1.54) is 5.56 Å². The fourth-order valence-corrected chi connectivity index (χ4v) is 4.49. The van der Waals surface area contributed by atoms with E-state index in [4.69, 9.17) is 19.9 Å². The first-order valence-corrected chi connectivity index (χ1v) is 13.8. The van der Waals surface area contributed by atoms with Crippen LogP contribution in [0, 0.1) is 6.92 Å². The highest BCUT2D eigenvalue weighted by molar-refractivity contribution is 5.54. The maximum Gasteiger partial charge on any atom is 0.222 e. The lowest BCUT2D eigenvalue weighted by molar-refractivity contribution is 0.114. The van der Waals surface area contributed by atoms with Crippen LogP contribution >= 0.6 is 0 Å². The summed E-state index contributed by atoms with van der Waals surface area (Å²) in [6.45, 7) is 7.08. The molecule has 0 spiro atoms. The van der Waals surface area contributed by atoms with Crippen molar-refractivity contribution in [1.29, 1.82) is 0 Å². The molecule has 39 heavy (non-hydrogen) atoms. The summed E-state index contributed by atoms with van der Waals surface area (Å²) in [5, 5.41) is 3.66. The van der Waals surface area contributed by atoms with Crippen molar-refractivity contribution in [2.75, 3.05) is 52.0 Å². The minimum absolute atomic E-state index is 0.207. The number of nitrogens with two attached hydrogens (primary N) is 1. The molecule has 1 aromatic heterocycles. The van der Waals surface area contributed by atoms with Gasteiger partial charge < -0.3 is 30.2 Å². The molecule has 0 fully saturated rings. The summed E-state index contributed by atoms with van der Waals surface area (Å²) in [7, 11) is 5.81. The molecular weight excluding hydrogens is 490 g/mol. The third-order valence-electron chi connectivity index (χ3n) is 6.58. The van der Waals surface area contributed by atoms with Crippen molar-refractivity contribution < 1.29 is 14.2 Å². The Hall–Kier alpha value is -3.36. The lowest BCUT2D eigenvalue weighted by Crippen LogP contribution is -2.24. The Morgan fingerprint density at radius 3 is 2.54 bits per heavy atom. The summed E-state index contributed by atoms with van der Waals surface area (Å²) >= 11 is 0. The van der Waals surface area contributed by atoms with E-state index in [-0.39, 0.29) is 12.0 Å². The van der Waals surface area contributed by atoms with Crippen LogP contribution in [0.1, 0.15) is 55.0 Å². The topological polar surface area (TPSA) is 94.8 Å². The van der Waals surface area contributed by atoms with Crippen molar-refractivity contribution in [1.82, 2.24) is 14.9 Å². The van der Waals surface area contributed by atoms with Crippen molar-refractivity contribution in [2.24, 2.45) is 0 Å². The summed E-state index contributed by atoms with van der Waals surface area (Å²) in [4.78, 5) is 11.2. The van der Waals surface area contributed by atoms with Crippen LogP contribution in [0.3, 0.4) is 0 Å². The van der Waals surface area contributed by atoms with Gasteiger partial charge in [0.1, 0.15) is 17.3 Å². The second kappa shape index (κ2) is 15.9. The largest absolute Gasteiger partial charge is 0.496 e. The summed E-state index contributed by atoms with van der Waals surface area (Å²) < 4.78 is 17.7. The maximum atomic E-state index is 6.08. The molecule has 0 saturated carbocycles. The predicted molar refractivity (Wildman–Crippen MR) is 159 cm³/mol. The van der Waals surface area contributed by atoms with Gasteiger partial charge in [0, 0.05) is 42.9 Å². The second-order valence-corrected chi connectivity index (χ2v) is 10.1. The zero-order valence-corrected chi connectivity index (χ0v) is 24.2. The molecule has 0 saturated heterocycles. The monoisotopic (exact) mass is 535 g/mol. The average Bonchev–Trinajstić information content (AvgIpc) is 2.92. The van der Waals surface area contributed by atoms with Crippen molar-refractivity contribution >= 4 is 11.8 Å². The molecule has 8 nitrogen and oxygen atoms in total. The van der Waals surface area contributed by atoms with Crippen LogP contribution in [0.5, 0.6) is 11.5 Å². The van der Waals surface area contributed by atoms with E-state index in [1.807, 2.05) is 37.3 Å². The molecule has 1 unspecified atom stereocenters. The van der Waals surface area contributed by atoms with Crippen molar-refractivity contribution in [2.45, 2.75) is 58.6 Å². The number of aryl methyl sites for hydroxylation is 1. The van der Waals surface area contributed by atoms with E-state index < -0.39 is 0 Å². The molecule has 1 atom stereocenters. The van der Waals surface area contributed by atoms with Gasteiger partial charge in [0.05, 0.1) is 20.3 Å². The number of nitrogen functional groups attached to an aromatic ring is 1. The Morgan fingerprint density at radius 2 is 1.82 bits per heavy atom. The third-order valence-corrected chi connectivity index (χ3v) is 6.58. The Balaban J connectivity index is 1.69. The van der Waals surface area contributed by atoms with Gasteiger partial charge in [-0.1, -0.05) is 49.7 Å². The van der Waals surface area contributed by atoms with Gasteiger partial charge in [-0.15, -0.1) is 0 Å². The number of benzene rings is 2. The normalized spacial score (nSPS) is 11.9. The van der Waals surface area contributed by atoms with Crippen molar-refractivity contribution in [3.8, 4) is 11.5 Å². The predicted octanol–water partition coefficient (Wildman–Crippen LogP) is 5.48. The summed E-state index contributed by atoms with van der Waals surface area (Å²) in [6, 6.07) is 16.5. The molecular formula is C31H45N5O3. The molecule has 3 rings (SSSR count). The van der Waals surface area contributed by atoms with Gasteiger partial charge in [-0.05, 0) is 57.5 Å². The van der Waals surface area contributed by atoms with E-state index in [0.717, 1.165) is 66.4 Å². The molecule has 0 aliphatic carbocycles. The molecule has 3 aromatic rings. The SMILES string of the molecule is CCCC(CCOCc1ccccc1)Nc1nc(N)nc(C)c1Cc1ccc(OCCCN(C)C)cc1OC. The Labute approximate surface area is 233 Å². The van der Waals surface area contributed by atoms with Crippen LogP contribution in [0.25, 0.3) is 0 Å². The highest BCUT2D eigenvalue weighted by Crippen LogP contribution is 2.30. The number of rotatable bonds is 17. The Bertz CT molecular complexity index is 1140. The number of hydrogen-bond donors (Lipinski definition) is 2. The van der Waals surface area contributed by atoms with Crippen LogP contribution in [-0.2, 0) is 17.8 Å². The first-order valence-electron chi connectivity index (χ1n) is 13.8. The zero-order valence-electron chi connectivity index (χ0n) is 24.2. The smallest absolute Gasteiger partial charge is 0.222 e. The van der Waals surface area contributed by atoms with Crippen LogP contribution in [0.4, 0.5) is 11.8 Å².